The van der Waals surface area contributed by atoms with E-state index in [4.69, 9.17) is 9.47 Å². The van der Waals surface area contributed by atoms with Crippen molar-refractivity contribution in [3.8, 4) is 17.2 Å². The summed E-state index contributed by atoms with van der Waals surface area (Å²) < 4.78 is 10.5. The summed E-state index contributed by atoms with van der Waals surface area (Å²) in [5.74, 6) is 1.00. The standard InChI is InChI=1S/C16H17NO4/c1-11-14(18)7-4-8-15(11)21-10-16(19)17-12-5-3-6-13(9-12)20-2/h3-9,18H,10H2,1-2H3,(H,17,19). The van der Waals surface area contributed by atoms with Crippen molar-refractivity contribution in [1.29, 1.82) is 0 Å². The van der Waals surface area contributed by atoms with E-state index in [0.717, 1.165) is 0 Å². The second kappa shape index (κ2) is 6.65. The molecule has 5 nitrogen and oxygen atoms in total. The fourth-order valence-electron chi connectivity index (χ4n) is 1.80. The Morgan fingerprint density at radius 2 is 2.00 bits per heavy atom. The third-order valence-electron chi connectivity index (χ3n) is 2.97. The number of methoxy groups -OCH3 is 1. The molecule has 0 radical (unpaired) electrons. The maximum Gasteiger partial charge on any atom is 0.262 e. The number of hydrogen-bond acceptors (Lipinski definition) is 4. The predicted octanol–water partition coefficient (Wildman–Crippen LogP) is 2.73. The molecule has 0 aliphatic heterocycles. The summed E-state index contributed by atoms with van der Waals surface area (Å²) in [6.45, 7) is 1.59. The topological polar surface area (TPSA) is 67.8 Å². The molecule has 0 fully saturated rings. The van der Waals surface area contributed by atoms with Gasteiger partial charge in [0.25, 0.3) is 5.91 Å². The minimum absolute atomic E-state index is 0.137. The van der Waals surface area contributed by atoms with Gasteiger partial charge in [0, 0.05) is 17.3 Å². The Kier molecular flexibility index (Phi) is 4.66. The summed E-state index contributed by atoms with van der Waals surface area (Å²) in [6.07, 6.45) is 0. The summed E-state index contributed by atoms with van der Waals surface area (Å²) in [6, 6.07) is 12.0. The van der Waals surface area contributed by atoms with E-state index in [0.29, 0.717) is 22.7 Å². The zero-order valence-corrected chi connectivity index (χ0v) is 11.9. The molecular weight excluding hydrogens is 270 g/mol. The van der Waals surface area contributed by atoms with Gasteiger partial charge in [-0.2, -0.15) is 0 Å². The average molecular weight is 287 g/mol. The molecule has 1 amide bonds. The molecule has 0 aromatic heterocycles. The number of nitrogens with one attached hydrogen (secondary N) is 1. The monoisotopic (exact) mass is 287 g/mol. The maximum atomic E-state index is 11.8. The molecule has 2 aromatic carbocycles. The van der Waals surface area contributed by atoms with Crippen LogP contribution >= 0.6 is 0 Å². The highest BCUT2D eigenvalue weighted by Gasteiger charge is 2.08. The molecule has 0 saturated carbocycles. The van der Waals surface area contributed by atoms with Gasteiger partial charge in [0.05, 0.1) is 7.11 Å². The highest BCUT2D eigenvalue weighted by Crippen LogP contribution is 2.25. The first-order valence-corrected chi connectivity index (χ1v) is 6.45. The smallest absolute Gasteiger partial charge is 0.262 e. The van der Waals surface area contributed by atoms with Gasteiger partial charge < -0.3 is 19.9 Å². The third kappa shape index (κ3) is 3.89. The first kappa shape index (κ1) is 14.7. The van der Waals surface area contributed by atoms with Crippen molar-refractivity contribution in [3.05, 3.63) is 48.0 Å². The van der Waals surface area contributed by atoms with Crippen LogP contribution in [0.3, 0.4) is 0 Å². The Morgan fingerprint density at radius 1 is 1.24 bits per heavy atom. The Bertz CT molecular complexity index is 640. The van der Waals surface area contributed by atoms with Gasteiger partial charge in [-0.1, -0.05) is 12.1 Å². The van der Waals surface area contributed by atoms with E-state index in [2.05, 4.69) is 5.32 Å². The summed E-state index contributed by atoms with van der Waals surface area (Å²) in [7, 11) is 1.56. The van der Waals surface area contributed by atoms with Crippen molar-refractivity contribution < 1.29 is 19.4 Å². The number of anilines is 1. The van der Waals surface area contributed by atoms with Crippen LogP contribution in [0, 0.1) is 6.92 Å². The van der Waals surface area contributed by atoms with Crippen LogP contribution < -0.4 is 14.8 Å². The molecule has 5 heteroatoms. The van der Waals surface area contributed by atoms with Crippen molar-refractivity contribution in [2.24, 2.45) is 0 Å². The van der Waals surface area contributed by atoms with Gasteiger partial charge in [-0.25, -0.2) is 0 Å². The lowest BCUT2D eigenvalue weighted by atomic mass is 10.2. The number of rotatable bonds is 5. The normalized spacial score (nSPS) is 10.0. The number of hydrogen-bond donors (Lipinski definition) is 2. The Labute approximate surface area is 123 Å². The molecule has 2 N–H and O–H groups in total. The van der Waals surface area contributed by atoms with E-state index in [1.54, 1.807) is 56.5 Å². The quantitative estimate of drug-likeness (QED) is 0.887. The zero-order valence-electron chi connectivity index (χ0n) is 11.9. The molecule has 2 rings (SSSR count). The first-order valence-electron chi connectivity index (χ1n) is 6.45. The first-order chi connectivity index (χ1) is 10.1. The van der Waals surface area contributed by atoms with Gasteiger partial charge in [-0.15, -0.1) is 0 Å². The third-order valence-corrected chi connectivity index (χ3v) is 2.97. The number of phenols is 1. The van der Waals surface area contributed by atoms with Gasteiger partial charge in [0.15, 0.2) is 6.61 Å². The molecular formula is C16H17NO4. The molecule has 2 aromatic rings. The molecule has 0 saturated heterocycles. The van der Waals surface area contributed by atoms with Gasteiger partial charge in [0.1, 0.15) is 17.2 Å². The van der Waals surface area contributed by atoms with E-state index < -0.39 is 0 Å². The number of amides is 1. The number of benzene rings is 2. The minimum atomic E-state index is -0.286. The molecule has 0 unspecified atom stereocenters. The van der Waals surface area contributed by atoms with Gasteiger partial charge in [0.2, 0.25) is 0 Å². The number of ether oxygens (including phenoxy) is 2. The van der Waals surface area contributed by atoms with Crippen LogP contribution in [0.1, 0.15) is 5.56 Å². The second-order valence-electron chi connectivity index (χ2n) is 4.47. The number of phenolic OH excluding ortho intramolecular Hbond substituents is 1. The van der Waals surface area contributed by atoms with Crippen LogP contribution in [-0.2, 0) is 4.79 Å². The number of carbonyl (C=O) groups is 1. The molecule has 0 heterocycles. The van der Waals surface area contributed by atoms with Crippen molar-refractivity contribution in [1.82, 2.24) is 0 Å². The molecule has 0 aliphatic rings. The molecule has 21 heavy (non-hydrogen) atoms. The van der Waals surface area contributed by atoms with Gasteiger partial charge in [-0.05, 0) is 31.2 Å². The SMILES string of the molecule is COc1cccc(NC(=O)COc2cccc(O)c2C)c1. The lowest BCUT2D eigenvalue weighted by molar-refractivity contribution is -0.118. The van der Waals surface area contributed by atoms with Crippen LogP contribution in [0.25, 0.3) is 0 Å². The van der Waals surface area contributed by atoms with E-state index in [-0.39, 0.29) is 18.3 Å². The average Bonchev–Trinajstić information content (AvgIpc) is 2.49. The van der Waals surface area contributed by atoms with Crippen LogP contribution in [-0.4, -0.2) is 24.7 Å². The fraction of sp³-hybridized carbons (Fsp3) is 0.188. The largest absolute Gasteiger partial charge is 0.508 e. The van der Waals surface area contributed by atoms with Crippen molar-refractivity contribution in [3.63, 3.8) is 0 Å². The van der Waals surface area contributed by atoms with Crippen molar-refractivity contribution >= 4 is 11.6 Å². The zero-order chi connectivity index (χ0) is 15.2. The Hall–Kier alpha value is -2.69. The van der Waals surface area contributed by atoms with Crippen LogP contribution in [0.4, 0.5) is 5.69 Å². The van der Waals surface area contributed by atoms with E-state index >= 15 is 0 Å². The predicted molar refractivity (Wildman–Crippen MR) is 80.0 cm³/mol. The van der Waals surface area contributed by atoms with E-state index in [9.17, 15) is 9.90 Å². The maximum absolute atomic E-state index is 11.8. The lowest BCUT2D eigenvalue weighted by Gasteiger charge is -2.10. The molecule has 0 atom stereocenters. The highest BCUT2D eigenvalue weighted by atomic mass is 16.5. The Balaban J connectivity index is 1.94. The molecule has 0 aliphatic carbocycles. The van der Waals surface area contributed by atoms with Gasteiger partial charge in [-0.3, -0.25) is 4.79 Å². The van der Waals surface area contributed by atoms with Crippen molar-refractivity contribution in [2.45, 2.75) is 6.92 Å². The van der Waals surface area contributed by atoms with Crippen LogP contribution in [0.15, 0.2) is 42.5 Å². The summed E-state index contributed by atoms with van der Waals surface area (Å²) >= 11 is 0. The van der Waals surface area contributed by atoms with E-state index in [1.165, 1.54) is 0 Å². The van der Waals surface area contributed by atoms with Gasteiger partial charge >= 0.3 is 0 Å². The van der Waals surface area contributed by atoms with Crippen molar-refractivity contribution in [2.75, 3.05) is 19.0 Å². The highest BCUT2D eigenvalue weighted by molar-refractivity contribution is 5.92. The fourth-order valence-corrected chi connectivity index (χ4v) is 1.80. The summed E-state index contributed by atoms with van der Waals surface area (Å²) in [4.78, 5) is 11.8. The molecule has 110 valence electrons. The molecule has 0 bridgehead atoms. The molecule has 0 spiro atoms. The van der Waals surface area contributed by atoms with Crippen LogP contribution in [0.2, 0.25) is 0 Å². The van der Waals surface area contributed by atoms with Crippen LogP contribution in [0.5, 0.6) is 17.2 Å². The second-order valence-corrected chi connectivity index (χ2v) is 4.47. The van der Waals surface area contributed by atoms with E-state index in [1.807, 2.05) is 0 Å². The lowest BCUT2D eigenvalue weighted by Crippen LogP contribution is -2.20. The minimum Gasteiger partial charge on any atom is -0.508 e. The Morgan fingerprint density at radius 3 is 2.76 bits per heavy atom. The summed E-state index contributed by atoms with van der Waals surface area (Å²) in [5, 5.41) is 12.3. The number of carbonyl (C=O) groups excluding carboxylic acids is 1. The summed E-state index contributed by atoms with van der Waals surface area (Å²) in [5.41, 5.74) is 1.24. The number of aromatic hydroxyl groups is 1.